The van der Waals surface area contributed by atoms with Crippen LogP contribution in [0.25, 0.3) is 11.8 Å². The average Bonchev–Trinajstić information content (AvgIpc) is 3.34. The summed E-state index contributed by atoms with van der Waals surface area (Å²) in [5.41, 5.74) is 2.35. The molecule has 0 saturated carbocycles. The highest BCUT2D eigenvalue weighted by atomic mass is 32.1. The van der Waals surface area contributed by atoms with Gasteiger partial charge in [0.1, 0.15) is 5.75 Å². The maximum absolute atomic E-state index is 14.1. The molecular weight excluding hydrogens is 572 g/mol. The molecule has 220 valence electrons. The Labute approximate surface area is 250 Å². The van der Waals surface area contributed by atoms with Crippen molar-refractivity contribution in [3.05, 3.63) is 115 Å². The first-order valence-electron chi connectivity index (χ1n) is 13.3. The Morgan fingerprint density at radius 2 is 1.74 bits per heavy atom. The van der Waals surface area contributed by atoms with Gasteiger partial charge in [-0.3, -0.25) is 9.36 Å². The molecule has 1 aliphatic heterocycles. The predicted molar refractivity (Wildman–Crippen MR) is 160 cm³/mol. The number of benzene rings is 3. The normalized spacial score (nSPS) is 14.5. The highest BCUT2D eigenvalue weighted by Crippen LogP contribution is 2.36. The van der Waals surface area contributed by atoms with Gasteiger partial charge in [-0.2, -0.15) is 0 Å². The zero-order valence-corrected chi connectivity index (χ0v) is 24.4. The zero-order chi connectivity index (χ0) is 30.5. The number of carbonyl (C=O) groups is 2. The van der Waals surface area contributed by atoms with Crippen molar-refractivity contribution in [1.29, 1.82) is 0 Å². The highest BCUT2D eigenvalue weighted by molar-refractivity contribution is 7.07. The summed E-state index contributed by atoms with van der Waals surface area (Å²) in [6, 6.07) is 20.6. The molecule has 0 bridgehead atoms. The predicted octanol–water partition coefficient (Wildman–Crippen LogP) is 3.42. The first kappa shape index (κ1) is 29.3. The van der Waals surface area contributed by atoms with Crippen LogP contribution in [0.4, 0.5) is 0 Å². The van der Waals surface area contributed by atoms with Gasteiger partial charge in [-0.1, -0.05) is 59.9 Å². The Kier molecular flexibility index (Phi) is 8.72. The number of thiazole rings is 1. The standard InChI is InChI=1S/C32H28N2O8S/c1-4-41-31(38)27-28(20-8-6-5-7-9-20)33-32-34(29(27)21-11-13-22(39-2)14-12-21)30(37)25(43-32)17-19-10-15-23(24(16-19)40-3)42-18-26(35)36/h5-17,29H,4,18H2,1-3H3,(H,35,36)/b25-17+. The minimum atomic E-state index is -1.12. The number of ether oxygens (including phenoxy) is 4. The van der Waals surface area contributed by atoms with Gasteiger partial charge in [0.05, 0.1) is 42.7 Å². The Bertz CT molecular complexity index is 1880. The van der Waals surface area contributed by atoms with Gasteiger partial charge in [-0.25, -0.2) is 14.6 Å². The molecule has 0 spiro atoms. The van der Waals surface area contributed by atoms with Crippen molar-refractivity contribution >= 4 is 35.0 Å². The van der Waals surface area contributed by atoms with Crippen LogP contribution in [0.1, 0.15) is 29.7 Å². The van der Waals surface area contributed by atoms with Crippen molar-refractivity contribution in [3.8, 4) is 17.2 Å². The van der Waals surface area contributed by atoms with Gasteiger partial charge in [-0.05, 0) is 48.4 Å². The lowest BCUT2D eigenvalue weighted by Crippen LogP contribution is -2.40. The van der Waals surface area contributed by atoms with Gasteiger partial charge in [0.15, 0.2) is 22.9 Å². The first-order valence-corrected chi connectivity index (χ1v) is 14.1. The SMILES string of the molecule is CCOC(=O)C1=C(c2ccccc2)N=c2s/c(=C/c3ccc(OCC(=O)O)c(OC)c3)c(=O)n2C1c1ccc(OC)cc1. The summed E-state index contributed by atoms with van der Waals surface area (Å²) < 4.78 is 23.4. The van der Waals surface area contributed by atoms with Crippen molar-refractivity contribution in [1.82, 2.24) is 4.57 Å². The number of rotatable bonds is 10. The lowest BCUT2D eigenvalue weighted by molar-refractivity contribution is -0.140. The molecule has 2 heterocycles. The number of carboxylic acids is 1. The van der Waals surface area contributed by atoms with E-state index in [4.69, 9.17) is 29.0 Å². The number of aromatic nitrogens is 1. The number of esters is 1. The van der Waals surface area contributed by atoms with E-state index in [2.05, 4.69) is 0 Å². The van der Waals surface area contributed by atoms with Crippen LogP contribution in [-0.2, 0) is 14.3 Å². The molecule has 10 nitrogen and oxygen atoms in total. The van der Waals surface area contributed by atoms with E-state index in [0.29, 0.717) is 43.2 Å². The van der Waals surface area contributed by atoms with E-state index in [1.807, 2.05) is 42.5 Å². The molecule has 4 aromatic rings. The molecule has 11 heteroatoms. The molecule has 0 amide bonds. The van der Waals surface area contributed by atoms with E-state index >= 15 is 0 Å². The second-order valence-corrected chi connectivity index (χ2v) is 10.3. The Morgan fingerprint density at radius 3 is 2.40 bits per heavy atom. The molecule has 1 N–H and O–H groups in total. The maximum atomic E-state index is 14.1. The van der Waals surface area contributed by atoms with Gasteiger partial charge in [0, 0.05) is 5.56 Å². The third kappa shape index (κ3) is 6.07. The van der Waals surface area contributed by atoms with E-state index in [1.54, 1.807) is 50.4 Å². The second kappa shape index (κ2) is 12.8. The van der Waals surface area contributed by atoms with Crippen LogP contribution in [-0.4, -0.2) is 49.0 Å². The lowest BCUT2D eigenvalue weighted by atomic mass is 9.93. The fourth-order valence-electron chi connectivity index (χ4n) is 4.73. The van der Waals surface area contributed by atoms with Crippen LogP contribution in [0.3, 0.4) is 0 Å². The number of methoxy groups -OCH3 is 2. The number of carbonyl (C=O) groups excluding carboxylic acids is 1. The Morgan fingerprint density at radius 1 is 1.00 bits per heavy atom. The molecule has 0 aliphatic carbocycles. The molecule has 1 unspecified atom stereocenters. The van der Waals surface area contributed by atoms with Gasteiger partial charge in [0.25, 0.3) is 5.56 Å². The van der Waals surface area contributed by atoms with Gasteiger partial charge in [-0.15, -0.1) is 0 Å². The van der Waals surface area contributed by atoms with Gasteiger partial charge < -0.3 is 24.1 Å². The van der Waals surface area contributed by atoms with Crippen LogP contribution >= 0.6 is 11.3 Å². The molecule has 3 aromatic carbocycles. The summed E-state index contributed by atoms with van der Waals surface area (Å²) in [4.78, 5) is 43.8. The molecular formula is C32H28N2O8S. The largest absolute Gasteiger partial charge is 0.497 e. The van der Waals surface area contributed by atoms with Gasteiger partial charge >= 0.3 is 11.9 Å². The molecule has 1 atom stereocenters. The average molecular weight is 601 g/mol. The zero-order valence-electron chi connectivity index (χ0n) is 23.6. The van der Waals surface area contributed by atoms with E-state index < -0.39 is 24.6 Å². The summed E-state index contributed by atoms with van der Waals surface area (Å²) in [6.07, 6.45) is 1.69. The smallest absolute Gasteiger partial charge is 0.341 e. The number of aliphatic carboxylic acids is 1. The fourth-order valence-corrected chi connectivity index (χ4v) is 5.73. The number of carboxylic acid groups (broad SMARTS) is 1. The summed E-state index contributed by atoms with van der Waals surface area (Å²) in [5.74, 6) is -0.479. The summed E-state index contributed by atoms with van der Waals surface area (Å²) in [5, 5.41) is 8.95. The molecule has 0 fully saturated rings. The minimum Gasteiger partial charge on any atom is -0.497 e. The minimum absolute atomic E-state index is 0.151. The third-order valence-corrected chi connectivity index (χ3v) is 7.62. The second-order valence-electron chi connectivity index (χ2n) is 9.30. The van der Waals surface area contributed by atoms with Crippen molar-refractivity contribution in [2.75, 3.05) is 27.4 Å². The summed E-state index contributed by atoms with van der Waals surface area (Å²) in [7, 11) is 3.01. The summed E-state index contributed by atoms with van der Waals surface area (Å²) in [6.45, 7) is 1.36. The van der Waals surface area contributed by atoms with Crippen LogP contribution < -0.4 is 29.1 Å². The number of hydrogen-bond donors (Lipinski definition) is 1. The van der Waals surface area contributed by atoms with Crippen molar-refractivity contribution < 1.29 is 33.6 Å². The molecule has 43 heavy (non-hydrogen) atoms. The molecule has 0 saturated heterocycles. The molecule has 5 rings (SSSR count). The first-order chi connectivity index (χ1) is 20.8. The van der Waals surface area contributed by atoms with Crippen LogP contribution in [0, 0.1) is 0 Å². The lowest BCUT2D eigenvalue weighted by Gasteiger charge is -2.26. The fraction of sp³-hybridized carbons (Fsp3) is 0.188. The number of nitrogens with zero attached hydrogens (tertiary/aromatic N) is 2. The van der Waals surface area contributed by atoms with E-state index in [1.165, 1.54) is 23.0 Å². The van der Waals surface area contributed by atoms with E-state index in [0.717, 1.165) is 0 Å². The third-order valence-electron chi connectivity index (χ3n) is 6.64. The quantitative estimate of drug-likeness (QED) is 0.275. The van der Waals surface area contributed by atoms with E-state index in [-0.39, 0.29) is 23.5 Å². The van der Waals surface area contributed by atoms with Crippen molar-refractivity contribution in [3.63, 3.8) is 0 Å². The monoisotopic (exact) mass is 600 g/mol. The van der Waals surface area contributed by atoms with E-state index in [9.17, 15) is 14.4 Å². The highest BCUT2D eigenvalue weighted by Gasteiger charge is 2.35. The van der Waals surface area contributed by atoms with Crippen LogP contribution in [0.5, 0.6) is 17.2 Å². The summed E-state index contributed by atoms with van der Waals surface area (Å²) >= 11 is 1.19. The number of hydrogen-bond acceptors (Lipinski definition) is 9. The molecule has 1 aromatic heterocycles. The van der Waals surface area contributed by atoms with Crippen molar-refractivity contribution in [2.24, 2.45) is 4.99 Å². The molecule has 0 radical (unpaired) electrons. The van der Waals surface area contributed by atoms with Crippen molar-refractivity contribution in [2.45, 2.75) is 13.0 Å². The number of fused-ring (bicyclic) bond motifs is 1. The topological polar surface area (TPSA) is 126 Å². The van der Waals surface area contributed by atoms with Gasteiger partial charge in [0.2, 0.25) is 0 Å². The Balaban J connectivity index is 1.72. The molecule has 1 aliphatic rings. The Hall–Kier alpha value is -5.16. The van der Waals surface area contributed by atoms with Crippen LogP contribution in [0.15, 0.2) is 88.2 Å². The van der Waals surface area contributed by atoms with Crippen LogP contribution in [0.2, 0.25) is 0 Å². The maximum Gasteiger partial charge on any atom is 0.341 e.